The molecule has 0 bridgehead atoms. The number of benzene rings is 2. The Hall–Kier alpha value is -1.65. The quantitative estimate of drug-likeness (QED) is 0.802. The van der Waals surface area contributed by atoms with E-state index in [0.29, 0.717) is 6.54 Å². The number of aliphatic hydroxyl groups excluding tert-OH is 1. The first kappa shape index (κ1) is 12.4. The number of aromatic nitrogens is 2. The van der Waals surface area contributed by atoms with Crippen molar-refractivity contribution >= 4 is 27.0 Å². The molecule has 0 aliphatic heterocycles. The molecule has 0 aliphatic rings. The maximum absolute atomic E-state index is 10.3. The van der Waals surface area contributed by atoms with Gasteiger partial charge >= 0.3 is 0 Å². The lowest BCUT2D eigenvalue weighted by Crippen LogP contribution is -2.07. The number of nitrogens with zero attached hydrogens (tertiary/aromatic N) is 2. The highest BCUT2D eigenvalue weighted by Gasteiger charge is 2.10. The maximum Gasteiger partial charge on any atom is 0.0969 e. The molecule has 1 heterocycles. The van der Waals surface area contributed by atoms with Crippen molar-refractivity contribution in [3.05, 3.63) is 64.9 Å². The molecular weight excluding hydrogens is 304 g/mol. The molecule has 19 heavy (non-hydrogen) atoms. The molecule has 0 spiro atoms. The summed E-state index contributed by atoms with van der Waals surface area (Å²) in [7, 11) is 0. The number of imidazole rings is 1. The third kappa shape index (κ3) is 2.55. The fourth-order valence-electron chi connectivity index (χ4n) is 2.13. The van der Waals surface area contributed by atoms with E-state index in [1.807, 2.05) is 53.1 Å². The highest BCUT2D eigenvalue weighted by molar-refractivity contribution is 9.10. The number of rotatable bonds is 3. The van der Waals surface area contributed by atoms with Gasteiger partial charge < -0.3 is 9.67 Å². The van der Waals surface area contributed by atoms with Crippen molar-refractivity contribution in [3.63, 3.8) is 0 Å². The third-order valence-electron chi connectivity index (χ3n) is 3.15. The molecule has 0 radical (unpaired) electrons. The summed E-state index contributed by atoms with van der Waals surface area (Å²) in [6.07, 6.45) is 1.23. The lowest BCUT2D eigenvalue weighted by atomic mass is 10.1. The van der Waals surface area contributed by atoms with Crippen LogP contribution < -0.4 is 0 Å². The molecular formula is C15H13BrN2O. The van der Waals surface area contributed by atoms with Gasteiger partial charge in [0, 0.05) is 4.47 Å². The Labute approximate surface area is 119 Å². The molecule has 0 unspecified atom stereocenters. The van der Waals surface area contributed by atoms with Gasteiger partial charge in [0.05, 0.1) is 30.0 Å². The van der Waals surface area contributed by atoms with Crippen LogP contribution in [0.4, 0.5) is 0 Å². The molecule has 4 heteroatoms. The second-order valence-corrected chi connectivity index (χ2v) is 5.37. The zero-order valence-electron chi connectivity index (χ0n) is 10.2. The highest BCUT2D eigenvalue weighted by atomic mass is 79.9. The average molecular weight is 317 g/mol. The van der Waals surface area contributed by atoms with E-state index in [1.54, 1.807) is 6.33 Å². The predicted molar refractivity (Wildman–Crippen MR) is 78.8 cm³/mol. The second kappa shape index (κ2) is 5.15. The van der Waals surface area contributed by atoms with Crippen LogP contribution in [-0.2, 0) is 6.54 Å². The Morgan fingerprint density at radius 2 is 1.84 bits per heavy atom. The smallest absolute Gasteiger partial charge is 0.0969 e. The van der Waals surface area contributed by atoms with Crippen molar-refractivity contribution in [1.29, 1.82) is 0 Å². The summed E-state index contributed by atoms with van der Waals surface area (Å²) in [5.74, 6) is 0. The normalized spacial score (nSPS) is 12.7. The van der Waals surface area contributed by atoms with Gasteiger partial charge in [-0.2, -0.15) is 0 Å². The minimum Gasteiger partial charge on any atom is -0.387 e. The standard InChI is InChI=1S/C15H13BrN2O/c16-12-7-5-11(6-8-12)15(19)9-18-10-17-13-3-1-2-4-14(13)18/h1-8,10,15,19H,9H2/t15-/m1/s1. The lowest BCUT2D eigenvalue weighted by Gasteiger charge is -2.12. The van der Waals surface area contributed by atoms with E-state index in [-0.39, 0.29) is 0 Å². The topological polar surface area (TPSA) is 38.0 Å². The highest BCUT2D eigenvalue weighted by Crippen LogP contribution is 2.20. The van der Waals surface area contributed by atoms with E-state index in [2.05, 4.69) is 20.9 Å². The summed E-state index contributed by atoms with van der Waals surface area (Å²) in [4.78, 5) is 4.32. The van der Waals surface area contributed by atoms with Gasteiger partial charge in [0.1, 0.15) is 0 Å². The van der Waals surface area contributed by atoms with Crippen molar-refractivity contribution in [2.75, 3.05) is 0 Å². The van der Waals surface area contributed by atoms with E-state index in [1.165, 1.54) is 0 Å². The van der Waals surface area contributed by atoms with Crippen molar-refractivity contribution in [2.24, 2.45) is 0 Å². The van der Waals surface area contributed by atoms with Crippen LogP contribution in [0, 0.1) is 0 Å². The van der Waals surface area contributed by atoms with Crippen LogP contribution in [-0.4, -0.2) is 14.7 Å². The van der Waals surface area contributed by atoms with Gasteiger partial charge in [0.25, 0.3) is 0 Å². The minimum absolute atomic E-state index is 0.502. The summed E-state index contributed by atoms with van der Waals surface area (Å²) < 4.78 is 2.98. The van der Waals surface area contributed by atoms with Gasteiger partial charge in [-0.25, -0.2) is 4.98 Å². The Morgan fingerprint density at radius 3 is 2.63 bits per heavy atom. The molecule has 96 valence electrons. The minimum atomic E-state index is -0.536. The van der Waals surface area contributed by atoms with Gasteiger partial charge in [0.15, 0.2) is 0 Å². The third-order valence-corrected chi connectivity index (χ3v) is 3.68. The molecule has 0 saturated carbocycles. The summed E-state index contributed by atoms with van der Waals surface area (Å²) in [6, 6.07) is 15.6. The fourth-order valence-corrected chi connectivity index (χ4v) is 2.40. The van der Waals surface area contributed by atoms with E-state index >= 15 is 0 Å². The predicted octanol–water partition coefficient (Wildman–Crippen LogP) is 3.53. The molecule has 1 N–H and O–H groups in total. The van der Waals surface area contributed by atoms with Crippen LogP contribution in [0.25, 0.3) is 11.0 Å². The summed E-state index contributed by atoms with van der Waals surface area (Å²) in [6.45, 7) is 0.502. The zero-order valence-corrected chi connectivity index (χ0v) is 11.8. The van der Waals surface area contributed by atoms with E-state index in [0.717, 1.165) is 21.1 Å². The van der Waals surface area contributed by atoms with Crippen LogP contribution in [0.1, 0.15) is 11.7 Å². The van der Waals surface area contributed by atoms with Crippen LogP contribution in [0.5, 0.6) is 0 Å². The number of hydrogen-bond donors (Lipinski definition) is 1. The first-order chi connectivity index (χ1) is 9.24. The fraction of sp³-hybridized carbons (Fsp3) is 0.133. The van der Waals surface area contributed by atoms with Gasteiger partial charge in [-0.15, -0.1) is 0 Å². The van der Waals surface area contributed by atoms with Crippen molar-refractivity contribution < 1.29 is 5.11 Å². The molecule has 1 aromatic heterocycles. The van der Waals surface area contributed by atoms with E-state index in [9.17, 15) is 5.11 Å². The van der Waals surface area contributed by atoms with Gasteiger partial charge in [-0.05, 0) is 29.8 Å². The molecule has 3 nitrogen and oxygen atoms in total. The number of halogens is 1. The maximum atomic E-state index is 10.3. The lowest BCUT2D eigenvalue weighted by molar-refractivity contribution is 0.158. The molecule has 0 aliphatic carbocycles. The molecule has 0 amide bonds. The Kier molecular flexibility index (Phi) is 3.36. The van der Waals surface area contributed by atoms with Crippen LogP contribution >= 0.6 is 15.9 Å². The van der Waals surface area contributed by atoms with E-state index in [4.69, 9.17) is 0 Å². The second-order valence-electron chi connectivity index (χ2n) is 4.45. The van der Waals surface area contributed by atoms with E-state index < -0.39 is 6.10 Å². The summed E-state index contributed by atoms with van der Waals surface area (Å²) in [5, 5.41) is 10.3. The first-order valence-corrected chi connectivity index (χ1v) is 6.87. The van der Waals surface area contributed by atoms with Crippen LogP contribution in [0.2, 0.25) is 0 Å². The Bertz CT molecular complexity index is 691. The molecule has 1 atom stereocenters. The number of fused-ring (bicyclic) bond motifs is 1. The van der Waals surface area contributed by atoms with Gasteiger partial charge in [-0.1, -0.05) is 40.2 Å². The summed E-state index contributed by atoms with van der Waals surface area (Å²) >= 11 is 3.39. The van der Waals surface area contributed by atoms with Crippen LogP contribution in [0.15, 0.2) is 59.3 Å². The van der Waals surface area contributed by atoms with Gasteiger partial charge in [0.2, 0.25) is 0 Å². The Morgan fingerprint density at radius 1 is 1.11 bits per heavy atom. The number of hydrogen-bond acceptors (Lipinski definition) is 2. The SMILES string of the molecule is O[C@H](Cn1cnc2ccccc21)c1ccc(Br)cc1. The number of para-hydroxylation sites is 2. The van der Waals surface area contributed by atoms with Gasteiger partial charge in [-0.3, -0.25) is 0 Å². The Balaban J connectivity index is 1.86. The molecule has 3 aromatic rings. The number of aliphatic hydroxyl groups is 1. The molecule has 0 fully saturated rings. The summed E-state index contributed by atoms with van der Waals surface area (Å²) in [5.41, 5.74) is 2.89. The van der Waals surface area contributed by atoms with Crippen molar-refractivity contribution in [2.45, 2.75) is 12.6 Å². The van der Waals surface area contributed by atoms with Crippen molar-refractivity contribution in [3.8, 4) is 0 Å². The van der Waals surface area contributed by atoms with Crippen molar-refractivity contribution in [1.82, 2.24) is 9.55 Å². The molecule has 2 aromatic carbocycles. The monoisotopic (exact) mass is 316 g/mol. The average Bonchev–Trinajstić information content (AvgIpc) is 2.83. The molecule has 0 saturated heterocycles. The first-order valence-electron chi connectivity index (χ1n) is 6.07. The zero-order chi connectivity index (χ0) is 13.2. The molecule has 3 rings (SSSR count). The largest absolute Gasteiger partial charge is 0.387 e. The van der Waals surface area contributed by atoms with Crippen LogP contribution in [0.3, 0.4) is 0 Å².